The minimum absolute atomic E-state index is 0.0113. The Morgan fingerprint density at radius 3 is 2.11 bits per heavy atom. The summed E-state index contributed by atoms with van der Waals surface area (Å²) in [6, 6.07) is 8.63. The summed E-state index contributed by atoms with van der Waals surface area (Å²) in [5.41, 5.74) is 2.21. The predicted octanol–water partition coefficient (Wildman–Crippen LogP) is 3.82. The average molecular weight is 515 g/mol. The number of rotatable bonds is 10. The molecule has 0 saturated heterocycles. The summed E-state index contributed by atoms with van der Waals surface area (Å²) in [6.45, 7) is 5.51. The lowest BCUT2D eigenvalue weighted by Crippen LogP contribution is -2.17. The molecule has 0 aliphatic carbocycles. The van der Waals surface area contributed by atoms with E-state index in [0.29, 0.717) is 35.5 Å². The van der Waals surface area contributed by atoms with Crippen LogP contribution in [0.1, 0.15) is 62.8 Å². The second-order valence-electron chi connectivity index (χ2n) is 8.50. The molecule has 2 atom stereocenters. The molecule has 0 bridgehead atoms. The molecule has 0 amide bonds. The molecule has 0 aromatic heterocycles. The highest BCUT2D eigenvalue weighted by Crippen LogP contribution is 2.52. The summed E-state index contributed by atoms with van der Waals surface area (Å²) in [4.78, 5) is 46.0. The molecular weight excluding hydrogens is 484 g/mol. The number of benzene rings is 2. The molecule has 0 radical (unpaired) electrons. The van der Waals surface area contributed by atoms with E-state index in [0.717, 1.165) is 5.56 Å². The van der Waals surface area contributed by atoms with Gasteiger partial charge in [-0.3, -0.25) is 19.2 Å². The fraction of sp³-hybridized carbons (Fsp3) is 0.407. The van der Waals surface area contributed by atoms with Gasteiger partial charge < -0.3 is 28.4 Å². The maximum Gasteiger partial charge on any atom is 0.308 e. The largest absolute Gasteiger partial charge is 0.493 e. The van der Waals surface area contributed by atoms with Crippen molar-refractivity contribution in [3.8, 4) is 23.0 Å². The van der Waals surface area contributed by atoms with Crippen LogP contribution in [0, 0.1) is 0 Å². The molecule has 198 valence electrons. The molecule has 1 aliphatic heterocycles. The van der Waals surface area contributed by atoms with Gasteiger partial charge in [-0.15, -0.1) is 0 Å². The lowest BCUT2D eigenvalue weighted by molar-refractivity contribution is -0.142. The van der Waals surface area contributed by atoms with Crippen molar-refractivity contribution >= 4 is 23.9 Å². The average Bonchev–Trinajstić information content (AvgIpc) is 3.18. The fourth-order valence-corrected chi connectivity index (χ4v) is 4.11. The lowest BCUT2D eigenvalue weighted by Gasteiger charge is -2.20. The molecule has 1 aliphatic rings. The number of hydrogen-bond donors (Lipinski definition) is 0. The van der Waals surface area contributed by atoms with Gasteiger partial charge in [-0.25, -0.2) is 0 Å². The summed E-state index contributed by atoms with van der Waals surface area (Å²) in [5, 5.41) is 0. The number of methoxy groups -OCH3 is 1. The van der Waals surface area contributed by atoms with E-state index in [2.05, 4.69) is 0 Å². The minimum Gasteiger partial charge on any atom is -0.493 e. The van der Waals surface area contributed by atoms with Crippen molar-refractivity contribution in [2.24, 2.45) is 0 Å². The van der Waals surface area contributed by atoms with Crippen LogP contribution in [0.4, 0.5) is 0 Å². The van der Waals surface area contributed by atoms with Crippen molar-refractivity contribution in [1.29, 1.82) is 0 Å². The molecule has 1 heterocycles. The Labute approximate surface area is 214 Å². The van der Waals surface area contributed by atoms with Crippen LogP contribution in [0.3, 0.4) is 0 Å². The van der Waals surface area contributed by atoms with E-state index in [1.54, 1.807) is 24.3 Å². The molecule has 2 aromatic carbocycles. The Kier molecular flexibility index (Phi) is 9.10. The van der Waals surface area contributed by atoms with Crippen LogP contribution in [0.5, 0.6) is 23.0 Å². The Morgan fingerprint density at radius 2 is 1.49 bits per heavy atom. The summed E-state index contributed by atoms with van der Waals surface area (Å²) in [6.07, 6.45) is 0.483. The first-order valence-corrected chi connectivity index (χ1v) is 11.7. The van der Waals surface area contributed by atoms with Gasteiger partial charge in [0.15, 0.2) is 23.0 Å². The first kappa shape index (κ1) is 27.5. The summed E-state index contributed by atoms with van der Waals surface area (Å²) in [7, 11) is 1.45. The number of fused-ring (bicyclic) bond motifs is 1. The normalized spacial score (nSPS) is 15.7. The zero-order chi connectivity index (χ0) is 27.1. The number of hydrogen-bond acceptors (Lipinski definition) is 10. The van der Waals surface area contributed by atoms with E-state index in [-0.39, 0.29) is 30.7 Å². The van der Waals surface area contributed by atoms with E-state index in [1.807, 2.05) is 6.07 Å². The highest BCUT2D eigenvalue weighted by molar-refractivity contribution is 5.72. The van der Waals surface area contributed by atoms with Crippen molar-refractivity contribution in [2.75, 3.05) is 20.3 Å². The quantitative estimate of drug-likeness (QED) is 0.263. The molecule has 10 heteroatoms. The predicted molar refractivity (Wildman–Crippen MR) is 130 cm³/mol. The Hall–Kier alpha value is -4.08. The smallest absolute Gasteiger partial charge is 0.308 e. The van der Waals surface area contributed by atoms with Crippen molar-refractivity contribution < 1.29 is 47.6 Å². The summed E-state index contributed by atoms with van der Waals surface area (Å²) in [5.74, 6) is -1.08. The van der Waals surface area contributed by atoms with E-state index in [4.69, 9.17) is 28.4 Å². The summed E-state index contributed by atoms with van der Waals surface area (Å²) >= 11 is 0. The first-order valence-electron chi connectivity index (χ1n) is 11.7. The van der Waals surface area contributed by atoms with Gasteiger partial charge in [-0.2, -0.15) is 0 Å². The molecule has 0 N–H and O–H groups in total. The van der Waals surface area contributed by atoms with Crippen LogP contribution < -0.4 is 18.9 Å². The van der Waals surface area contributed by atoms with Gasteiger partial charge in [0.2, 0.25) is 0 Å². The van der Waals surface area contributed by atoms with E-state index in [9.17, 15) is 19.2 Å². The van der Waals surface area contributed by atoms with Crippen LogP contribution in [-0.2, 0) is 35.1 Å². The number of esters is 4. The van der Waals surface area contributed by atoms with E-state index < -0.39 is 29.9 Å². The molecule has 10 nitrogen and oxygen atoms in total. The zero-order valence-electron chi connectivity index (χ0n) is 21.5. The van der Waals surface area contributed by atoms with Crippen molar-refractivity contribution in [2.45, 2.75) is 52.6 Å². The first-order chi connectivity index (χ1) is 17.6. The standard InChI is InChI=1S/C27H30O10/c1-15(28)33-10-6-7-19-11-21-22(14-34-16(2)29)26(37-27(21)25(12-19)36-18(4)31)20-8-9-23(35-17(3)30)24(13-20)32-5/h8-9,11-13,22,26H,6-7,10,14H2,1-5H3/t22-,26+/m0/s1. The van der Waals surface area contributed by atoms with Crippen LogP contribution in [-0.4, -0.2) is 44.2 Å². The van der Waals surface area contributed by atoms with Gasteiger partial charge in [0.05, 0.1) is 19.6 Å². The van der Waals surface area contributed by atoms with Gasteiger partial charge in [0, 0.05) is 33.3 Å². The third kappa shape index (κ3) is 7.22. The molecule has 2 aromatic rings. The van der Waals surface area contributed by atoms with Crippen molar-refractivity contribution in [3.63, 3.8) is 0 Å². The number of carbonyl (C=O) groups excluding carboxylic acids is 4. The topological polar surface area (TPSA) is 124 Å². The molecule has 3 rings (SSSR count). The van der Waals surface area contributed by atoms with Crippen LogP contribution in [0.15, 0.2) is 30.3 Å². The molecule has 0 unspecified atom stereocenters. The highest BCUT2D eigenvalue weighted by atomic mass is 16.6. The highest BCUT2D eigenvalue weighted by Gasteiger charge is 2.39. The minimum atomic E-state index is -0.625. The van der Waals surface area contributed by atoms with E-state index in [1.165, 1.54) is 34.8 Å². The molecule has 37 heavy (non-hydrogen) atoms. The number of ether oxygens (including phenoxy) is 6. The third-order valence-electron chi connectivity index (χ3n) is 5.56. The van der Waals surface area contributed by atoms with Crippen molar-refractivity contribution in [1.82, 2.24) is 0 Å². The zero-order valence-corrected chi connectivity index (χ0v) is 21.5. The Bertz CT molecular complexity index is 1190. The number of carbonyl (C=O) groups is 4. The van der Waals surface area contributed by atoms with Crippen LogP contribution in [0.25, 0.3) is 0 Å². The number of aryl methyl sites for hydroxylation is 1. The third-order valence-corrected chi connectivity index (χ3v) is 5.56. The fourth-order valence-electron chi connectivity index (χ4n) is 4.11. The van der Waals surface area contributed by atoms with Crippen LogP contribution >= 0.6 is 0 Å². The van der Waals surface area contributed by atoms with Gasteiger partial charge >= 0.3 is 23.9 Å². The molecular formula is C27H30O10. The maximum atomic E-state index is 11.9. The van der Waals surface area contributed by atoms with E-state index >= 15 is 0 Å². The Morgan fingerprint density at radius 1 is 0.811 bits per heavy atom. The van der Waals surface area contributed by atoms with Gasteiger partial charge in [-0.1, -0.05) is 12.1 Å². The second-order valence-corrected chi connectivity index (χ2v) is 8.50. The second kappa shape index (κ2) is 12.2. The van der Waals surface area contributed by atoms with Gasteiger partial charge in [-0.05, 0) is 42.2 Å². The Balaban J connectivity index is 2.01. The SMILES string of the molecule is COc1cc([C@H]2Oc3c(OC(C)=O)cc(CCCOC(C)=O)cc3[C@@H]2COC(C)=O)ccc1OC(C)=O. The van der Waals surface area contributed by atoms with Crippen molar-refractivity contribution in [3.05, 3.63) is 47.0 Å². The molecule has 0 fully saturated rings. The van der Waals surface area contributed by atoms with Crippen LogP contribution in [0.2, 0.25) is 0 Å². The van der Waals surface area contributed by atoms with Gasteiger partial charge in [0.25, 0.3) is 0 Å². The molecule has 0 saturated carbocycles. The molecule has 0 spiro atoms. The van der Waals surface area contributed by atoms with Gasteiger partial charge in [0.1, 0.15) is 12.7 Å². The monoisotopic (exact) mass is 514 g/mol. The maximum absolute atomic E-state index is 11.9. The lowest BCUT2D eigenvalue weighted by atomic mass is 9.90. The summed E-state index contributed by atoms with van der Waals surface area (Å²) < 4.78 is 32.8.